The molecule has 14 heavy (non-hydrogen) atoms. The first kappa shape index (κ1) is 9.01. The predicted molar refractivity (Wildman–Crippen MR) is 52.5 cm³/mol. The van der Waals surface area contributed by atoms with Crippen LogP contribution in [0.4, 0.5) is 11.4 Å². The van der Waals surface area contributed by atoms with Crippen molar-refractivity contribution < 1.29 is 13.2 Å². The fraction of sp³-hybridized carbons (Fsp3) is 0.125. The fourth-order valence-corrected chi connectivity index (χ4v) is 2.25. The van der Waals surface area contributed by atoms with Gasteiger partial charge in [0, 0.05) is 0 Å². The highest BCUT2D eigenvalue weighted by Gasteiger charge is 2.22. The van der Waals surface area contributed by atoms with Gasteiger partial charge in [0.1, 0.15) is 5.75 Å². The van der Waals surface area contributed by atoms with Crippen LogP contribution in [0.1, 0.15) is 0 Å². The van der Waals surface area contributed by atoms with E-state index in [1.54, 1.807) is 24.3 Å². The van der Waals surface area contributed by atoms with Gasteiger partial charge in [-0.15, -0.1) is 0 Å². The Kier molecular flexibility index (Phi) is 1.92. The highest BCUT2D eigenvalue weighted by molar-refractivity contribution is 7.93. The Morgan fingerprint density at radius 3 is 2.50 bits per heavy atom. The molecule has 0 saturated heterocycles. The molecule has 1 aromatic carbocycles. The third kappa shape index (κ3) is 1.69. The maximum absolute atomic E-state index is 11.3. The summed E-state index contributed by atoms with van der Waals surface area (Å²) in [6.07, 6.45) is 0. The summed E-state index contributed by atoms with van der Waals surface area (Å²) >= 11 is 0. The van der Waals surface area contributed by atoms with Crippen molar-refractivity contribution in [3.63, 3.8) is 0 Å². The Bertz CT molecular complexity index is 481. The van der Waals surface area contributed by atoms with E-state index in [0.29, 0.717) is 11.4 Å². The zero-order valence-corrected chi connectivity index (χ0v) is 7.97. The SMILES string of the molecule is O=C1CS(=O)(=O)Nc2ccccc2N1. The standard InChI is InChI=1S/C8H8N2O3S/c11-8-5-14(12,13)10-7-4-2-1-3-6(7)9-8/h1-4,10H,5H2,(H,9,11). The Balaban J connectivity index is 2.53. The lowest BCUT2D eigenvalue weighted by Crippen LogP contribution is -2.23. The number of para-hydroxylation sites is 2. The second-order valence-electron chi connectivity index (χ2n) is 2.95. The minimum atomic E-state index is -3.54. The van der Waals surface area contributed by atoms with Gasteiger partial charge in [0.25, 0.3) is 0 Å². The summed E-state index contributed by atoms with van der Waals surface area (Å²) in [4.78, 5) is 11.1. The van der Waals surface area contributed by atoms with E-state index in [1.165, 1.54) is 0 Å². The summed E-state index contributed by atoms with van der Waals surface area (Å²) in [5, 5.41) is 2.50. The van der Waals surface area contributed by atoms with Gasteiger partial charge in [-0.3, -0.25) is 9.52 Å². The zero-order chi connectivity index (χ0) is 10.2. The molecule has 0 spiro atoms. The van der Waals surface area contributed by atoms with E-state index in [4.69, 9.17) is 0 Å². The Hall–Kier alpha value is -1.56. The summed E-state index contributed by atoms with van der Waals surface area (Å²) in [5.41, 5.74) is 0.886. The molecule has 0 unspecified atom stereocenters. The van der Waals surface area contributed by atoms with Crippen LogP contribution < -0.4 is 10.0 Å². The van der Waals surface area contributed by atoms with Crippen molar-refractivity contribution in [1.29, 1.82) is 0 Å². The van der Waals surface area contributed by atoms with Crippen LogP contribution in [-0.2, 0) is 14.8 Å². The van der Waals surface area contributed by atoms with Gasteiger partial charge < -0.3 is 5.32 Å². The van der Waals surface area contributed by atoms with Crippen molar-refractivity contribution in [3.05, 3.63) is 24.3 Å². The highest BCUT2D eigenvalue weighted by Crippen LogP contribution is 2.24. The topological polar surface area (TPSA) is 75.3 Å². The Morgan fingerprint density at radius 2 is 1.79 bits per heavy atom. The minimum absolute atomic E-state index is 0.401. The third-order valence-corrected chi connectivity index (χ3v) is 2.96. The third-order valence-electron chi connectivity index (χ3n) is 1.79. The predicted octanol–water partition coefficient (Wildman–Crippen LogP) is 0.380. The van der Waals surface area contributed by atoms with E-state index in [-0.39, 0.29) is 0 Å². The number of sulfonamides is 1. The molecule has 5 nitrogen and oxygen atoms in total. The van der Waals surface area contributed by atoms with Crippen LogP contribution in [0.3, 0.4) is 0 Å². The van der Waals surface area contributed by atoms with E-state index >= 15 is 0 Å². The number of carbonyl (C=O) groups is 1. The fourth-order valence-electron chi connectivity index (χ4n) is 1.24. The van der Waals surface area contributed by atoms with Crippen LogP contribution in [0.15, 0.2) is 24.3 Å². The number of nitrogens with one attached hydrogen (secondary N) is 2. The Morgan fingerprint density at radius 1 is 1.14 bits per heavy atom. The van der Waals surface area contributed by atoms with Gasteiger partial charge in [0.2, 0.25) is 15.9 Å². The number of anilines is 2. The van der Waals surface area contributed by atoms with Crippen LogP contribution in [0.2, 0.25) is 0 Å². The lowest BCUT2D eigenvalue weighted by atomic mass is 10.3. The normalized spacial score (nSPS) is 18.7. The molecule has 74 valence electrons. The van der Waals surface area contributed by atoms with Crippen molar-refractivity contribution in [1.82, 2.24) is 0 Å². The Labute approximate surface area is 81.2 Å². The highest BCUT2D eigenvalue weighted by atomic mass is 32.2. The maximum atomic E-state index is 11.3. The number of rotatable bonds is 0. The molecule has 1 heterocycles. The number of hydrogen-bond acceptors (Lipinski definition) is 3. The molecule has 1 amide bonds. The molecule has 0 aromatic heterocycles. The van der Waals surface area contributed by atoms with Crippen LogP contribution in [-0.4, -0.2) is 20.1 Å². The molecule has 2 N–H and O–H groups in total. The molecule has 1 aliphatic heterocycles. The summed E-state index contributed by atoms with van der Waals surface area (Å²) in [6.45, 7) is 0. The van der Waals surface area contributed by atoms with Gasteiger partial charge in [0.05, 0.1) is 11.4 Å². The molecule has 0 radical (unpaired) electrons. The van der Waals surface area contributed by atoms with Crippen LogP contribution in [0, 0.1) is 0 Å². The molecule has 6 heteroatoms. The quantitative estimate of drug-likeness (QED) is 0.652. The average Bonchev–Trinajstić information content (AvgIpc) is 2.16. The molecule has 2 rings (SSSR count). The van der Waals surface area contributed by atoms with E-state index in [9.17, 15) is 13.2 Å². The van der Waals surface area contributed by atoms with E-state index < -0.39 is 21.7 Å². The summed E-state index contributed by atoms with van der Waals surface area (Å²) in [6, 6.07) is 6.65. The van der Waals surface area contributed by atoms with Crippen molar-refractivity contribution in [3.8, 4) is 0 Å². The van der Waals surface area contributed by atoms with Gasteiger partial charge in [0.15, 0.2) is 0 Å². The molecule has 0 aliphatic carbocycles. The van der Waals surface area contributed by atoms with Gasteiger partial charge >= 0.3 is 0 Å². The van der Waals surface area contributed by atoms with Crippen molar-refractivity contribution in [2.24, 2.45) is 0 Å². The number of hydrogen-bond donors (Lipinski definition) is 2. The molecule has 1 aliphatic rings. The number of amides is 1. The second kappa shape index (κ2) is 2.98. The van der Waals surface area contributed by atoms with Crippen LogP contribution >= 0.6 is 0 Å². The molecular weight excluding hydrogens is 204 g/mol. The van der Waals surface area contributed by atoms with Gasteiger partial charge in [-0.1, -0.05) is 12.1 Å². The molecule has 0 bridgehead atoms. The van der Waals surface area contributed by atoms with E-state index in [2.05, 4.69) is 10.0 Å². The van der Waals surface area contributed by atoms with Crippen molar-refractivity contribution in [2.75, 3.05) is 15.8 Å². The van der Waals surface area contributed by atoms with E-state index in [0.717, 1.165) is 0 Å². The molecule has 1 aromatic rings. The number of carbonyl (C=O) groups excluding carboxylic acids is 1. The van der Waals surface area contributed by atoms with Gasteiger partial charge in [-0.2, -0.15) is 0 Å². The average molecular weight is 212 g/mol. The van der Waals surface area contributed by atoms with Crippen LogP contribution in [0.25, 0.3) is 0 Å². The first-order valence-corrected chi connectivity index (χ1v) is 5.61. The first-order chi connectivity index (χ1) is 6.57. The molecule has 0 atom stereocenters. The minimum Gasteiger partial charge on any atom is -0.323 e. The molecule has 0 saturated carbocycles. The first-order valence-electron chi connectivity index (χ1n) is 3.96. The summed E-state index contributed by atoms with van der Waals surface area (Å²) in [5.74, 6) is -1.07. The van der Waals surface area contributed by atoms with Gasteiger partial charge in [-0.05, 0) is 12.1 Å². The van der Waals surface area contributed by atoms with Crippen LogP contribution in [0.5, 0.6) is 0 Å². The smallest absolute Gasteiger partial charge is 0.241 e. The summed E-state index contributed by atoms with van der Waals surface area (Å²) < 4.78 is 24.9. The number of fused-ring (bicyclic) bond motifs is 1. The summed E-state index contributed by atoms with van der Waals surface area (Å²) in [7, 11) is -3.54. The second-order valence-corrected chi connectivity index (χ2v) is 4.68. The monoisotopic (exact) mass is 212 g/mol. The molecular formula is C8H8N2O3S. The van der Waals surface area contributed by atoms with Crippen molar-refractivity contribution in [2.45, 2.75) is 0 Å². The maximum Gasteiger partial charge on any atom is 0.241 e. The lowest BCUT2D eigenvalue weighted by molar-refractivity contribution is -0.113. The zero-order valence-electron chi connectivity index (χ0n) is 7.15. The van der Waals surface area contributed by atoms with Crippen molar-refractivity contribution >= 4 is 27.3 Å². The number of benzene rings is 1. The molecule has 0 fully saturated rings. The largest absolute Gasteiger partial charge is 0.323 e. The van der Waals surface area contributed by atoms with E-state index in [1.807, 2.05) is 0 Å². The van der Waals surface area contributed by atoms with Gasteiger partial charge in [-0.25, -0.2) is 8.42 Å². The lowest BCUT2D eigenvalue weighted by Gasteiger charge is -2.04.